The molecule has 2 atom stereocenters. The summed E-state index contributed by atoms with van der Waals surface area (Å²) in [5, 5.41) is 11.4. The average Bonchev–Trinajstić information content (AvgIpc) is 2.86. The van der Waals surface area contributed by atoms with Crippen LogP contribution in [0.2, 0.25) is 0 Å². The van der Waals surface area contributed by atoms with Gasteiger partial charge in [0.05, 0.1) is 19.3 Å². The molecule has 19 heavy (non-hydrogen) atoms. The van der Waals surface area contributed by atoms with Crippen LogP contribution in [-0.4, -0.2) is 36.4 Å². The first-order valence-corrected chi connectivity index (χ1v) is 5.94. The molecule has 1 aliphatic rings. The molecule has 0 bridgehead atoms. The number of benzene rings is 1. The minimum atomic E-state index is -0.981. The van der Waals surface area contributed by atoms with Crippen LogP contribution in [-0.2, 0) is 20.9 Å². The van der Waals surface area contributed by atoms with Gasteiger partial charge in [0, 0.05) is 0 Å². The topological polar surface area (TPSA) is 84.9 Å². The number of hydrogen-bond acceptors (Lipinski definition) is 4. The van der Waals surface area contributed by atoms with Crippen molar-refractivity contribution in [1.29, 1.82) is 0 Å². The van der Waals surface area contributed by atoms with Crippen molar-refractivity contribution in [2.75, 3.05) is 13.2 Å². The maximum atomic E-state index is 11.6. The summed E-state index contributed by atoms with van der Waals surface area (Å²) in [6, 6.07) is 8.71. The maximum Gasteiger partial charge on any atom is 0.407 e. The van der Waals surface area contributed by atoms with Crippen LogP contribution in [0.1, 0.15) is 5.56 Å². The van der Waals surface area contributed by atoms with E-state index in [0.717, 1.165) is 5.56 Å². The molecule has 1 aromatic rings. The first kappa shape index (κ1) is 13.4. The molecule has 1 fully saturated rings. The zero-order valence-corrected chi connectivity index (χ0v) is 10.2. The SMILES string of the molecule is O=C(N[C@@H]1COC[C@H]1C(=O)O)OCc1ccccc1. The summed E-state index contributed by atoms with van der Waals surface area (Å²) >= 11 is 0. The number of rotatable bonds is 4. The van der Waals surface area contributed by atoms with Crippen molar-refractivity contribution in [3.63, 3.8) is 0 Å². The molecule has 0 aliphatic carbocycles. The number of hydrogen-bond donors (Lipinski definition) is 2. The minimum Gasteiger partial charge on any atom is -0.481 e. The molecule has 1 amide bonds. The van der Waals surface area contributed by atoms with Crippen LogP contribution in [0.3, 0.4) is 0 Å². The Hall–Kier alpha value is -2.08. The summed E-state index contributed by atoms with van der Waals surface area (Å²) in [5.74, 6) is -1.70. The Morgan fingerprint density at radius 1 is 1.32 bits per heavy atom. The van der Waals surface area contributed by atoms with Crippen molar-refractivity contribution in [1.82, 2.24) is 5.32 Å². The van der Waals surface area contributed by atoms with Gasteiger partial charge >= 0.3 is 12.1 Å². The van der Waals surface area contributed by atoms with Gasteiger partial charge in [0.25, 0.3) is 0 Å². The van der Waals surface area contributed by atoms with E-state index >= 15 is 0 Å². The molecule has 0 unspecified atom stereocenters. The lowest BCUT2D eigenvalue weighted by Crippen LogP contribution is -2.42. The second-order valence-corrected chi connectivity index (χ2v) is 4.29. The van der Waals surface area contributed by atoms with E-state index in [-0.39, 0.29) is 19.8 Å². The smallest absolute Gasteiger partial charge is 0.407 e. The molecule has 102 valence electrons. The Morgan fingerprint density at radius 2 is 2.05 bits per heavy atom. The lowest BCUT2D eigenvalue weighted by atomic mass is 10.1. The van der Waals surface area contributed by atoms with Crippen molar-refractivity contribution >= 4 is 12.1 Å². The van der Waals surface area contributed by atoms with E-state index in [1.54, 1.807) is 0 Å². The van der Waals surface area contributed by atoms with Gasteiger partial charge in [-0.3, -0.25) is 4.79 Å². The fourth-order valence-corrected chi connectivity index (χ4v) is 1.86. The lowest BCUT2D eigenvalue weighted by Gasteiger charge is -2.15. The summed E-state index contributed by atoms with van der Waals surface area (Å²) in [6.45, 7) is 0.453. The van der Waals surface area contributed by atoms with Gasteiger partial charge in [-0.25, -0.2) is 4.79 Å². The van der Waals surface area contributed by atoms with E-state index in [9.17, 15) is 9.59 Å². The normalized spacial score (nSPS) is 21.9. The third-order valence-corrected chi connectivity index (χ3v) is 2.91. The Kier molecular flexibility index (Phi) is 4.35. The molecule has 1 aliphatic heterocycles. The van der Waals surface area contributed by atoms with Crippen LogP contribution in [0.25, 0.3) is 0 Å². The summed E-state index contributed by atoms with van der Waals surface area (Å²) in [5.41, 5.74) is 0.870. The van der Waals surface area contributed by atoms with Crippen molar-refractivity contribution in [2.45, 2.75) is 12.6 Å². The van der Waals surface area contributed by atoms with Gasteiger partial charge in [0.2, 0.25) is 0 Å². The third kappa shape index (κ3) is 3.69. The quantitative estimate of drug-likeness (QED) is 0.848. The molecule has 2 rings (SSSR count). The standard InChI is InChI=1S/C13H15NO5/c15-12(16)10-7-18-8-11(10)14-13(17)19-6-9-4-2-1-3-5-9/h1-5,10-11H,6-8H2,(H,14,17)(H,15,16)/t10-,11-/m1/s1. The van der Waals surface area contributed by atoms with Crippen LogP contribution in [0.4, 0.5) is 4.79 Å². The summed E-state index contributed by atoms with van der Waals surface area (Å²) < 4.78 is 10.1. The second-order valence-electron chi connectivity index (χ2n) is 4.29. The molecule has 6 heteroatoms. The summed E-state index contributed by atoms with van der Waals surface area (Å²) in [7, 11) is 0. The van der Waals surface area contributed by atoms with E-state index in [0.29, 0.717) is 0 Å². The predicted octanol–water partition coefficient (Wildman–Crippen LogP) is 1.01. The molecule has 2 N–H and O–H groups in total. The van der Waals surface area contributed by atoms with E-state index in [4.69, 9.17) is 14.6 Å². The van der Waals surface area contributed by atoms with E-state index in [1.165, 1.54) is 0 Å². The van der Waals surface area contributed by atoms with Crippen LogP contribution in [0.15, 0.2) is 30.3 Å². The van der Waals surface area contributed by atoms with Gasteiger partial charge in [0.15, 0.2) is 0 Å². The van der Waals surface area contributed by atoms with E-state index in [2.05, 4.69) is 5.32 Å². The molecule has 0 spiro atoms. The minimum absolute atomic E-state index is 0.110. The van der Waals surface area contributed by atoms with E-state index in [1.807, 2.05) is 30.3 Å². The largest absolute Gasteiger partial charge is 0.481 e. The molecule has 0 aromatic heterocycles. The van der Waals surface area contributed by atoms with Crippen LogP contribution in [0, 0.1) is 5.92 Å². The van der Waals surface area contributed by atoms with Crippen molar-refractivity contribution in [2.24, 2.45) is 5.92 Å². The molecule has 1 aromatic carbocycles. The first-order chi connectivity index (χ1) is 9.16. The Labute approximate surface area is 110 Å². The van der Waals surface area contributed by atoms with Gasteiger partial charge in [-0.05, 0) is 5.56 Å². The number of nitrogens with one attached hydrogen (secondary N) is 1. The third-order valence-electron chi connectivity index (χ3n) is 2.91. The van der Waals surface area contributed by atoms with Crippen LogP contribution < -0.4 is 5.32 Å². The van der Waals surface area contributed by atoms with Gasteiger partial charge in [-0.2, -0.15) is 0 Å². The summed E-state index contributed by atoms with van der Waals surface area (Å²) in [4.78, 5) is 22.5. The van der Waals surface area contributed by atoms with Gasteiger partial charge < -0.3 is 19.9 Å². The molecule has 1 heterocycles. The van der Waals surface area contributed by atoms with Crippen LogP contribution in [0.5, 0.6) is 0 Å². The molecule has 1 saturated heterocycles. The van der Waals surface area contributed by atoms with Gasteiger partial charge in [-0.15, -0.1) is 0 Å². The number of carboxylic acids is 1. The lowest BCUT2D eigenvalue weighted by molar-refractivity contribution is -0.142. The highest BCUT2D eigenvalue weighted by Gasteiger charge is 2.35. The van der Waals surface area contributed by atoms with E-state index < -0.39 is 24.0 Å². The number of aliphatic carboxylic acids is 1. The van der Waals surface area contributed by atoms with Crippen molar-refractivity contribution in [3.8, 4) is 0 Å². The Bertz CT molecular complexity index is 448. The molecule has 6 nitrogen and oxygen atoms in total. The van der Waals surface area contributed by atoms with Crippen molar-refractivity contribution < 1.29 is 24.2 Å². The van der Waals surface area contributed by atoms with Crippen molar-refractivity contribution in [3.05, 3.63) is 35.9 Å². The zero-order valence-electron chi connectivity index (χ0n) is 10.2. The maximum absolute atomic E-state index is 11.6. The highest BCUT2D eigenvalue weighted by Crippen LogP contribution is 2.14. The fraction of sp³-hybridized carbons (Fsp3) is 0.385. The molecule has 0 saturated carbocycles. The molecule has 0 radical (unpaired) electrons. The Balaban J connectivity index is 1.80. The monoisotopic (exact) mass is 265 g/mol. The Morgan fingerprint density at radius 3 is 2.74 bits per heavy atom. The highest BCUT2D eigenvalue weighted by molar-refractivity contribution is 5.74. The first-order valence-electron chi connectivity index (χ1n) is 5.94. The number of amides is 1. The second kappa shape index (κ2) is 6.19. The molecular formula is C13H15NO5. The van der Waals surface area contributed by atoms with Gasteiger partial charge in [-0.1, -0.05) is 30.3 Å². The average molecular weight is 265 g/mol. The number of carbonyl (C=O) groups excluding carboxylic acids is 1. The zero-order chi connectivity index (χ0) is 13.7. The predicted molar refractivity (Wildman–Crippen MR) is 65.5 cm³/mol. The number of carboxylic acid groups (broad SMARTS) is 1. The number of alkyl carbamates (subject to hydrolysis) is 1. The fourth-order valence-electron chi connectivity index (χ4n) is 1.86. The molecular weight excluding hydrogens is 250 g/mol. The highest BCUT2D eigenvalue weighted by atomic mass is 16.5. The summed E-state index contributed by atoms with van der Waals surface area (Å²) in [6.07, 6.45) is -0.634. The van der Waals surface area contributed by atoms with Gasteiger partial charge in [0.1, 0.15) is 12.5 Å². The number of ether oxygens (including phenoxy) is 2. The van der Waals surface area contributed by atoms with Crippen LogP contribution >= 0.6 is 0 Å². The number of carbonyl (C=O) groups is 2.